The molecule has 1 saturated carbocycles. The second kappa shape index (κ2) is 8.35. The van der Waals surface area contributed by atoms with Crippen molar-refractivity contribution in [3.05, 3.63) is 30.3 Å². The summed E-state index contributed by atoms with van der Waals surface area (Å²) in [5.74, 6) is 0.416. The first-order valence-electron chi connectivity index (χ1n) is 8.77. The number of amides is 2. The molecule has 6 nitrogen and oxygen atoms in total. The maximum atomic E-state index is 11.8. The van der Waals surface area contributed by atoms with Crippen molar-refractivity contribution in [1.29, 1.82) is 0 Å². The maximum Gasteiger partial charge on any atom is 0.315 e. The predicted octanol–water partition coefficient (Wildman–Crippen LogP) is 2.44. The summed E-state index contributed by atoms with van der Waals surface area (Å²) in [5.41, 5.74) is 0. The Morgan fingerprint density at radius 1 is 1.17 bits per heavy atom. The Bertz CT molecular complexity index is 517. The molecule has 2 aliphatic rings. The monoisotopic (exact) mass is 334 g/mol. The zero-order valence-corrected chi connectivity index (χ0v) is 14.0. The van der Waals surface area contributed by atoms with E-state index >= 15 is 0 Å². The zero-order chi connectivity index (χ0) is 16.7. The third kappa shape index (κ3) is 4.85. The molecule has 2 N–H and O–H groups in total. The molecule has 1 spiro atoms. The minimum Gasteiger partial charge on any atom is -0.492 e. The Balaban J connectivity index is 1.27. The van der Waals surface area contributed by atoms with E-state index in [1.165, 1.54) is 6.42 Å². The van der Waals surface area contributed by atoms with Crippen molar-refractivity contribution in [3.8, 4) is 5.75 Å². The molecule has 0 bridgehead atoms. The molecule has 24 heavy (non-hydrogen) atoms. The van der Waals surface area contributed by atoms with Gasteiger partial charge < -0.3 is 24.8 Å². The highest BCUT2D eigenvalue weighted by molar-refractivity contribution is 5.73. The lowest BCUT2D eigenvalue weighted by atomic mass is 9.94. The third-order valence-electron chi connectivity index (χ3n) is 4.42. The molecule has 0 radical (unpaired) electrons. The van der Waals surface area contributed by atoms with Crippen LogP contribution >= 0.6 is 0 Å². The summed E-state index contributed by atoms with van der Waals surface area (Å²) in [6, 6.07) is 9.33. The highest BCUT2D eigenvalue weighted by Crippen LogP contribution is 2.37. The van der Waals surface area contributed by atoms with Crippen LogP contribution in [0.1, 0.15) is 32.1 Å². The van der Waals surface area contributed by atoms with Crippen LogP contribution in [0.5, 0.6) is 5.75 Å². The SMILES string of the molecule is O=C(NCCOc1ccccc1)NC[C@@H]1COC2(CCCCC2)O1. The van der Waals surface area contributed by atoms with E-state index in [0.717, 1.165) is 31.4 Å². The van der Waals surface area contributed by atoms with Crippen LogP contribution in [0.25, 0.3) is 0 Å². The lowest BCUT2D eigenvalue weighted by molar-refractivity contribution is -0.186. The number of hydrogen-bond acceptors (Lipinski definition) is 4. The molecular weight excluding hydrogens is 308 g/mol. The average Bonchev–Trinajstić information content (AvgIpc) is 3.01. The normalized spacial score (nSPS) is 22.2. The fourth-order valence-electron chi connectivity index (χ4n) is 3.19. The molecule has 6 heteroatoms. The number of urea groups is 1. The van der Waals surface area contributed by atoms with Gasteiger partial charge in [-0.2, -0.15) is 0 Å². The molecule has 1 aromatic carbocycles. The van der Waals surface area contributed by atoms with Crippen molar-refractivity contribution in [1.82, 2.24) is 10.6 Å². The molecule has 0 aromatic heterocycles. The van der Waals surface area contributed by atoms with Crippen LogP contribution in [-0.2, 0) is 9.47 Å². The molecule has 1 saturated heterocycles. The van der Waals surface area contributed by atoms with Crippen LogP contribution in [0.15, 0.2) is 30.3 Å². The summed E-state index contributed by atoms with van der Waals surface area (Å²) in [6.07, 6.45) is 5.43. The minimum absolute atomic E-state index is 0.0607. The Morgan fingerprint density at radius 3 is 2.75 bits per heavy atom. The smallest absolute Gasteiger partial charge is 0.315 e. The molecule has 1 heterocycles. The van der Waals surface area contributed by atoms with Crippen LogP contribution in [0.2, 0.25) is 0 Å². The Kier molecular flexibility index (Phi) is 5.93. The van der Waals surface area contributed by atoms with Gasteiger partial charge >= 0.3 is 6.03 Å². The number of hydrogen-bond donors (Lipinski definition) is 2. The lowest BCUT2D eigenvalue weighted by Gasteiger charge is -2.31. The van der Waals surface area contributed by atoms with Gasteiger partial charge in [0.05, 0.1) is 13.2 Å². The highest BCUT2D eigenvalue weighted by atomic mass is 16.7. The van der Waals surface area contributed by atoms with E-state index < -0.39 is 0 Å². The standard InChI is InChI=1S/C18H26N2O4/c21-17(19-11-12-22-15-7-3-1-4-8-15)20-13-16-14-23-18(24-16)9-5-2-6-10-18/h1,3-4,7-8,16H,2,5-6,9-14H2,(H2,19,20,21)/t16-/m1/s1. The topological polar surface area (TPSA) is 68.8 Å². The number of carbonyl (C=O) groups excluding carboxylic acids is 1. The predicted molar refractivity (Wildman–Crippen MR) is 90.0 cm³/mol. The number of para-hydroxylation sites is 1. The first kappa shape index (κ1) is 17.0. The van der Waals surface area contributed by atoms with Gasteiger partial charge in [0.25, 0.3) is 0 Å². The molecule has 2 fully saturated rings. The molecule has 1 aromatic rings. The van der Waals surface area contributed by atoms with Gasteiger partial charge in [-0.05, 0) is 25.0 Å². The largest absolute Gasteiger partial charge is 0.492 e. The van der Waals surface area contributed by atoms with E-state index in [4.69, 9.17) is 14.2 Å². The third-order valence-corrected chi connectivity index (χ3v) is 4.42. The van der Waals surface area contributed by atoms with Crippen molar-refractivity contribution < 1.29 is 19.0 Å². The van der Waals surface area contributed by atoms with Crippen molar-refractivity contribution in [3.63, 3.8) is 0 Å². The van der Waals surface area contributed by atoms with Gasteiger partial charge in [0.1, 0.15) is 18.5 Å². The number of ether oxygens (including phenoxy) is 3. The van der Waals surface area contributed by atoms with E-state index in [0.29, 0.717) is 26.3 Å². The fraction of sp³-hybridized carbons (Fsp3) is 0.611. The van der Waals surface area contributed by atoms with Gasteiger partial charge in [-0.15, -0.1) is 0 Å². The summed E-state index contributed by atoms with van der Waals surface area (Å²) < 4.78 is 17.4. The molecule has 1 aliphatic heterocycles. The van der Waals surface area contributed by atoms with Gasteiger partial charge in [0.15, 0.2) is 5.79 Å². The first-order chi connectivity index (χ1) is 11.8. The summed E-state index contributed by atoms with van der Waals surface area (Å²) in [5, 5.41) is 5.61. The van der Waals surface area contributed by atoms with Crippen LogP contribution in [-0.4, -0.2) is 44.2 Å². The maximum absolute atomic E-state index is 11.8. The van der Waals surface area contributed by atoms with Gasteiger partial charge in [-0.3, -0.25) is 0 Å². The Morgan fingerprint density at radius 2 is 1.96 bits per heavy atom. The zero-order valence-electron chi connectivity index (χ0n) is 14.0. The minimum atomic E-state index is -0.384. The quantitative estimate of drug-likeness (QED) is 0.784. The Hall–Kier alpha value is -1.79. The number of rotatable bonds is 6. The molecule has 1 atom stereocenters. The highest BCUT2D eigenvalue weighted by Gasteiger charge is 2.42. The van der Waals surface area contributed by atoms with Gasteiger partial charge in [-0.1, -0.05) is 24.6 Å². The second-order valence-corrected chi connectivity index (χ2v) is 6.32. The molecule has 3 rings (SSSR count). The number of nitrogens with one attached hydrogen (secondary N) is 2. The summed E-state index contributed by atoms with van der Waals surface area (Å²) in [7, 11) is 0. The van der Waals surface area contributed by atoms with Gasteiger partial charge in [0, 0.05) is 19.4 Å². The summed E-state index contributed by atoms with van der Waals surface area (Å²) in [4.78, 5) is 11.8. The molecule has 2 amide bonds. The first-order valence-corrected chi connectivity index (χ1v) is 8.77. The van der Waals surface area contributed by atoms with Crippen LogP contribution in [0, 0.1) is 0 Å². The van der Waals surface area contributed by atoms with Crippen LogP contribution in [0.3, 0.4) is 0 Å². The lowest BCUT2D eigenvalue weighted by Crippen LogP contribution is -2.42. The summed E-state index contributed by atoms with van der Waals surface area (Å²) >= 11 is 0. The van der Waals surface area contributed by atoms with Crippen molar-refractivity contribution >= 4 is 6.03 Å². The number of benzene rings is 1. The van der Waals surface area contributed by atoms with Gasteiger partial charge in [0.2, 0.25) is 0 Å². The molecule has 0 unspecified atom stereocenters. The van der Waals surface area contributed by atoms with E-state index in [2.05, 4.69) is 10.6 Å². The average molecular weight is 334 g/mol. The van der Waals surface area contributed by atoms with E-state index in [1.54, 1.807) is 0 Å². The van der Waals surface area contributed by atoms with Crippen molar-refractivity contribution in [2.75, 3.05) is 26.3 Å². The molecular formula is C18H26N2O4. The number of carbonyl (C=O) groups is 1. The fourth-order valence-corrected chi connectivity index (χ4v) is 3.19. The van der Waals surface area contributed by atoms with Crippen LogP contribution in [0.4, 0.5) is 4.79 Å². The second-order valence-electron chi connectivity index (χ2n) is 6.32. The molecule has 132 valence electrons. The van der Waals surface area contributed by atoms with E-state index in [9.17, 15) is 4.79 Å². The van der Waals surface area contributed by atoms with Gasteiger partial charge in [-0.25, -0.2) is 4.79 Å². The van der Waals surface area contributed by atoms with Crippen molar-refractivity contribution in [2.45, 2.75) is 44.0 Å². The Labute approximate surface area is 142 Å². The molecule has 1 aliphatic carbocycles. The van der Waals surface area contributed by atoms with E-state index in [1.807, 2.05) is 30.3 Å². The van der Waals surface area contributed by atoms with E-state index in [-0.39, 0.29) is 17.9 Å². The van der Waals surface area contributed by atoms with Crippen LogP contribution < -0.4 is 15.4 Å². The summed E-state index contributed by atoms with van der Waals surface area (Å²) in [6.45, 7) is 1.90. The van der Waals surface area contributed by atoms with Crippen molar-refractivity contribution in [2.24, 2.45) is 0 Å².